The van der Waals surface area contributed by atoms with Crippen molar-refractivity contribution in [1.29, 1.82) is 0 Å². The first-order chi connectivity index (χ1) is 15.8. The number of pyridine rings is 1. The van der Waals surface area contributed by atoms with E-state index in [0.717, 1.165) is 39.5 Å². The highest BCUT2D eigenvalue weighted by atomic mass is 16.5. The second kappa shape index (κ2) is 9.18. The van der Waals surface area contributed by atoms with Crippen LogP contribution in [-0.4, -0.2) is 20.2 Å². The van der Waals surface area contributed by atoms with E-state index in [1.165, 1.54) is 5.39 Å². The van der Waals surface area contributed by atoms with Crippen molar-refractivity contribution in [3.05, 3.63) is 113 Å². The quantitative estimate of drug-likeness (QED) is 0.330. The molecule has 0 aliphatic carbocycles. The fraction of sp³-hybridized carbons (Fsp3) is 0.0370. The summed E-state index contributed by atoms with van der Waals surface area (Å²) < 4.78 is 5.78. The van der Waals surface area contributed by atoms with E-state index in [1.807, 2.05) is 73.0 Å². The molecule has 0 unspecified atom stereocenters. The van der Waals surface area contributed by atoms with Gasteiger partial charge in [0, 0.05) is 17.9 Å². The van der Waals surface area contributed by atoms with Gasteiger partial charge in [0.1, 0.15) is 12.4 Å². The minimum Gasteiger partial charge on any atom is -0.487 e. The van der Waals surface area contributed by atoms with Crippen molar-refractivity contribution in [3.8, 4) is 5.75 Å². The highest BCUT2D eigenvalue weighted by molar-refractivity contribution is 5.83. The summed E-state index contributed by atoms with van der Waals surface area (Å²) in [6.45, 7) is 0.458. The Hall–Kier alpha value is -4.38. The Bertz CT molecular complexity index is 1360. The Labute approximate surface area is 186 Å². The van der Waals surface area contributed by atoms with Gasteiger partial charge in [0.15, 0.2) is 0 Å². The van der Waals surface area contributed by atoms with Crippen LogP contribution in [0.4, 0.5) is 0 Å². The summed E-state index contributed by atoms with van der Waals surface area (Å²) >= 11 is 0. The Morgan fingerprint density at radius 2 is 1.69 bits per heavy atom. The van der Waals surface area contributed by atoms with Crippen LogP contribution in [0.2, 0.25) is 0 Å². The maximum atomic E-state index is 5.78. The molecule has 0 spiro atoms. The molecule has 5 nitrogen and oxygen atoms in total. The van der Waals surface area contributed by atoms with E-state index in [4.69, 9.17) is 4.74 Å². The lowest BCUT2D eigenvalue weighted by Gasteiger charge is -2.05. The molecule has 0 bridgehead atoms. The SMILES string of the molecule is C(=Cc1cc(C=Cc2ccc3[nH]ccc3c2)n[nH]1)c1ccc(OCc2ccccn2)cc1. The molecule has 3 heterocycles. The van der Waals surface area contributed by atoms with Gasteiger partial charge in [-0.3, -0.25) is 10.1 Å². The van der Waals surface area contributed by atoms with Gasteiger partial charge in [-0.1, -0.05) is 36.4 Å². The van der Waals surface area contributed by atoms with Gasteiger partial charge >= 0.3 is 0 Å². The molecular formula is C27H22N4O. The predicted molar refractivity (Wildman–Crippen MR) is 130 cm³/mol. The Kier molecular flexibility index (Phi) is 5.62. The lowest BCUT2D eigenvalue weighted by Crippen LogP contribution is -1.97. The fourth-order valence-electron chi connectivity index (χ4n) is 3.38. The molecule has 3 aromatic heterocycles. The summed E-state index contributed by atoms with van der Waals surface area (Å²) in [6, 6.07) is 24.2. The molecule has 0 saturated heterocycles. The first-order valence-corrected chi connectivity index (χ1v) is 10.4. The summed E-state index contributed by atoms with van der Waals surface area (Å²) in [6.07, 6.45) is 11.9. The highest BCUT2D eigenvalue weighted by Crippen LogP contribution is 2.18. The maximum Gasteiger partial charge on any atom is 0.130 e. The van der Waals surface area contributed by atoms with Gasteiger partial charge in [0.2, 0.25) is 0 Å². The Balaban J connectivity index is 1.18. The van der Waals surface area contributed by atoms with Crippen molar-refractivity contribution >= 4 is 35.2 Å². The summed E-state index contributed by atoms with van der Waals surface area (Å²) in [5.74, 6) is 0.819. The van der Waals surface area contributed by atoms with E-state index in [9.17, 15) is 0 Å². The van der Waals surface area contributed by atoms with Crippen molar-refractivity contribution in [2.75, 3.05) is 0 Å². The highest BCUT2D eigenvalue weighted by Gasteiger charge is 1.99. The molecule has 2 N–H and O–H groups in total. The normalized spacial score (nSPS) is 11.6. The molecule has 0 fully saturated rings. The third kappa shape index (κ3) is 4.84. The predicted octanol–water partition coefficient (Wildman–Crippen LogP) is 6.21. The lowest BCUT2D eigenvalue weighted by molar-refractivity contribution is 0.301. The van der Waals surface area contributed by atoms with E-state index in [0.29, 0.717) is 6.61 Å². The second-order valence-corrected chi connectivity index (χ2v) is 7.42. The number of rotatable bonds is 7. The zero-order valence-electron chi connectivity index (χ0n) is 17.4. The number of nitrogens with zero attached hydrogens (tertiary/aromatic N) is 2. The monoisotopic (exact) mass is 418 g/mol. The smallest absolute Gasteiger partial charge is 0.130 e. The van der Waals surface area contributed by atoms with E-state index in [1.54, 1.807) is 6.20 Å². The number of hydrogen-bond donors (Lipinski definition) is 2. The van der Waals surface area contributed by atoms with Gasteiger partial charge in [-0.25, -0.2) is 0 Å². The van der Waals surface area contributed by atoms with Gasteiger partial charge in [0.25, 0.3) is 0 Å². The second-order valence-electron chi connectivity index (χ2n) is 7.42. The number of hydrogen-bond acceptors (Lipinski definition) is 3. The van der Waals surface area contributed by atoms with E-state index >= 15 is 0 Å². The number of H-pyrrole nitrogens is 2. The third-order valence-corrected chi connectivity index (χ3v) is 5.09. The lowest BCUT2D eigenvalue weighted by atomic mass is 10.1. The number of aromatic nitrogens is 4. The van der Waals surface area contributed by atoms with Crippen molar-refractivity contribution in [2.45, 2.75) is 6.61 Å². The topological polar surface area (TPSA) is 66.6 Å². The number of nitrogens with one attached hydrogen (secondary N) is 2. The average Bonchev–Trinajstić information content (AvgIpc) is 3.50. The van der Waals surface area contributed by atoms with E-state index in [2.05, 4.69) is 50.5 Å². The molecule has 0 radical (unpaired) electrons. The van der Waals surface area contributed by atoms with Crippen molar-refractivity contribution < 1.29 is 4.74 Å². The van der Waals surface area contributed by atoms with E-state index in [-0.39, 0.29) is 0 Å². The van der Waals surface area contributed by atoms with Crippen LogP contribution >= 0.6 is 0 Å². The Morgan fingerprint density at radius 1 is 0.812 bits per heavy atom. The molecule has 5 aromatic rings. The molecular weight excluding hydrogens is 396 g/mol. The number of fused-ring (bicyclic) bond motifs is 1. The van der Waals surface area contributed by atoms with Crippen LogP contribution in [0.25, 0.3) is 35.2 Å². The fourth-order valence-corrected chi connectivity index (χ4v) is 3.38. The molecule has 0 saturated carbocycles. The molecule has 0 aliphatic rings. The molecule has 32 heavy (non-hydrogen) atoms. The number of ether oxygens (including phenoxy) is 1. The third-order valence-electron chi connectivity index (χ3n) is 5.09. The number of benzene rings is 2. The molecule has 5 heteroatoms. The zero-order chi connectivity index (χ0) is 21.6. The molecule has 156 valence electrons. The van der Waals surface area contributed by atoms with Gasteiger partial charge in [0.05, 0.1) is 17.1 Å². The van der Waals surface area contributed by atoms with Crippen molar-refractivity contribution in [1.82, 2.24) is 20.2 Å². The van der Waals surface area contributed by atoms with Crippen LogP contribution in [0, 0.1) is 0 Å². The van der Waals surface area contributed by atoms with Gasteiger partial charge in [-0.15, -0.1) is 0 Å². The standard InChI is InChI=1S/C27H22N4O/c1-2-15-28-25(3-1)19-32-26-11-6-20(7-12-26)4-9-23-18-24(31-30-23)10-5-21-8-13-27-22(17-21)14-16-29-27/h1-18,29H,19H2,(H,30,31). The molecule has 0 aliphatic heterocycles. The van der Waals surface area contributed by atoms with Crippen molar-refractivity contribution in [2.24, 2.45) is 0 Å². The summed E-state index contributed by atoms with van der Waals surface area (Å²) in [7, 11) is 0. The van der Waals surface area contributed by atoms with Crippen LogP contribution in [0.3, 0.4) is 0 Å². The van der Waals surface area contributed by atoms with Crippen molar-refractivity contribution in [3.63, 3.8) is 0 Å². The van der Waals surface area contributed by atoms with Crippen LogP contribution < -0.4 is 4.74 Å². The minimum absolute atomic E-state index is 0.458. The van der Waals surface area contributed by atoms with E-state index < -0.39 is 0 Å². The summed E-state index contributed by atoms with van der Waals surface area (Å²) in [5, 5.41) is 8.63. The first kappa shape index (κ1) is 19.6. The first-order valence-electron chi connectivity index (χ1n) is 10.4. The largest absolute Gasteiger partial charge is 0.487 e. The van der Waals surface area contributed by atoms with Gasteiger partial charge < -0.3 is 9.72 Å². The van der Waals surface area contributed by atoms with Gasteiger partial charge in [-0.05, 0) is 77.2 Å². The summed E-state index contributed by atoms with van der Waals surface area (Å²) in [5.41, 5.74) is 6.11. The number of aromatic amines is 2. The zero-order valence-corrected chi connectivity index (χ0v) is 17.4. The Morgan fingerprint density at radius 3 is 2.56 bits per heavy atom. The van der Waals surface area contributed by atoms with Crippen LogP contribution in [-0.2, 0) is 6.61 Å². The van der Waals surface area contributed by atoms with Crippen LogP contribution in [0.5, 0.6) is 5.75 Å². The summed E-state index contributed by atoms with van der Waals surface area (Å²) in [4.78, 5) is 7.47. The molecule has 0 atom stereocenters. The molecule has 5 rings (SSSR count). The molecule has 2 aromatic carbocycles. The van der Waals surface area contributed by atoms with Crippen LogP contribution in [0.1, 0.15) is 28.2 Å². The van der Waals surface area contributed by atoms with Crippen LogP contribution in [0.15, 0.2) is 85.2 Å². The average molecular weight is 419 g/mol. The molecule has 0 amide bonds. The minimum atomic E-state index is 0.458. The van der Waals surface area contributed by atoms with Gasteiger partial charge in [-0.2, -0.15) is 5.10 Å². The maximum absolute atomic E-state index is 5.78.